The summed E-state index contributed by atoms with van der Waals surface area (Å²) in [6.07, 6.45) is 0.153. The third-order valence-electron chi connectivity index (χ3n) is 4.15. The number of ether oxygens (including phenoxy) is 2. The summed E-state index contributed by atoms with van der Waals surface area (Å²) >= 11 is 8.17. The van der Waals surface area contributed by atoms with E-state index in [9.17, 15) is 18.8 Å². The fourth-order valence-electron chi connectivity index (χ4n) is 2.83. The van der Waals surface area contributed by atoms with E-state index in [0.717, 1.165) is 7.11 Å². The number of aromatic nitrogens is 2. The molecule has 1 N–H and O–H groups in total. The second kappa shape index (κ2) is 8.03. The van der Waals surface area contributed by atoms with Gasteiger partial charge in [-0.05, 0) is 40.8 Å². The number of anilines is 2. The molecule has 0 bridgehead atoms. The van der Waals surface area contributed by atoms with Crippen LogP contribution in [-0.2, 0) is 18.8 Å². The third-order valence-corrected chi connectivity index (χ3v) is 5.17. The summed E-state index contributed by atoms with van der Waals surface area (Å²) in [5.41, 5.74) is -1.21. The summed E-state index contributed by atoms with van der Waals surface area (Å²) in [5, 5.41) is 2.36. The Kier molecular flexibility index (Phi) is 5.85. The second-order valence-corrected chi connectivity index (χ2v) is 7.61. The first-order valence-electron chi connectivity index (χ1n) is 8.05. The Morgan fingerprint density at radius 3 is 2.59 bits per heavy atom. The maximum Gasteiger partial charge on any atom is 0.513 e. The highest BCUT2D eigenvalue weighted by atomic mass is 127. The van der Waals surface area contributed by atoms with Crippen LogP contribution in [0.15, 0.2) is 34.0 Å². The zero-order valence-corrected chi connectivity index (χ0v) is 18.3. The van der Waals surface area contributed by atoms with Crippen molar-refractivity contribution in [3.8, 4) is 5.75 Å². The van der Waals surface area contributed by atoms with Crippen molar-refractivity contribution in [1.29, 1.82) is 0 Å². The molecule has 3 rings (SSSR count). The number of pyridine rings is 2. The summed E-state index contributed by atoms with van der Waals surface area (Å²) < 4.78 is 27.0. The molecule has 0 aliphatic heterocycles. The molecule has 0 aliphatic carbocycles. The molecule has 29 heavy (non-hydrogen) atoms. The first-order valence-corrected chi connectivity index (χ1v) is 9.51. The van der Waals surface area contributed by atoms with E-state index in [1.165, 1.54) is 34.5 Å². The lowest BCUT2D eigenvalue weighted by Gasteiger charge is -2.17. The van der Waals surface area contributed by atoms with Gasteiger partial charge in [0.1, 0.15) is 16.5 Å². The third kappa shape index (κ3) is 3.81. The van der Waals surface area contributed by atoms with Crippen molar-refractivity contribution in [2.75, 3.05) is 12.4 Å². The number of aryl methyl sites for hydroxylation is 2. The number of carbonyl (C=O) groups excluding carboxylic acids is 1. The highest BCUT2D eigenvalue weighted by Crippen LogP contribution is 2.31. The highest BCUT2D eigenvalue weighted by Gasteiger charge is 2.22. The average molecular weight is 534 g/mol. The van der Waals surface area contributed by atoms with Crippen molar-refractivity contribution >= 4 is 62.8 Å². The van der Waals surface area contributed by atoms with Crippen molar-refractivity contribution in [2.45, 2.75) is 0 Å². The van der Waals surface area contributed by atoms with Crippen LogP contribution in [0.2, 0.25) is 5.02 Å². The Balaban J connectivity index is 2.37. The monoisotopic (exact) mass is 533 g/mol. The molecule has 0 fully saturated rings. The Morgan fingerprint density at radius 2 is 1.97 bits per heavy atom. The van der Waals surface area contributed by atoms with Gasteiger partial charge in [-0.1, -0.05) is 11.6 Å². The molecule has 0 atom stereocenters. The van der Waals surface area contributed by atoms with E-state index in [1.54, 1.807) is 13.1 Å². The van der Waals surface area contributed by atoms with Crippen molar-refractivity contribution in [2.24, 2.45) is 14.1 Å². The fourth-order valence-corrected chi connectivity index (χ4v) is 3.56. The summed E-state index contributed by atoms with van der Waals surface area (Å²) in [4.78, 5) is 37.1. The largest absolute Gasteiger partial charge is 0.513 e. The molecule has 152 valence electrons. The lowest BCUT2D eigenvalue weighted by molar-refractivity contribution is 0.121. The molecule has 0 saturated carbocycles. The van der Waals surface area contributed by atoms with E-state index in [1.807, 2.05) is 22.6 Å². The maximum absolute atomic E-state index is 14.4. The van der Waals surface area contributed by atoms with Crippen LogP contribution in [0.25, 0.3) is 11.0 Å². The standard InChI is InChI=1S/C18H14ClFIN3O5/c1-23-7-11(29-18(27)28-3)15(25)12-14(13(19)17(26)24(2)16(12)23)22-10-5-4-8(21)6-9(10)20/h4-7,22H,1-3H3. The van der Waals surface area contributed by atoms with Crippen molar-refractivity contribution in [3.63, 3.8) is 0 Å². The topological polar surface area (TPSA) is 91.6 Å². The fraction of sp³-hybridized carbons (Fsp3) is 0.167. The quantitative estimate of drug-likeness (QED) is 0.409. The number of fused-ring (bicyclic) bond motifs is 1. The number of methoxy groups -OCH3 is 1. The second-order valence-electron chi connectivity index (χ2n) is 5.99. The van der Waals surface area contributed by atoms with Crippen LogP contribution in [0.4, 0.5) is 20.6 Å². The molecule has 2 aromatic heterocycles. The Morgan fingerprint density at radius 1 is 1.28 bits per heavy atom. The number of benzene rings is 1. The zero-order valence-electron chi connectivity index (χ0n) is 15.4. The van der Waals surface area contributed by atoms with Crippen LogP contribution in [-0.4, -0.2) is 22.4 Å². The van der Waals surface area contributed by atoms with Gasteiger partial charge < -0.3 is 19.4 Å². The summed E-state index contributed by atoms with van der Waals surface area (Å²) in [6, 6.07) is 4.38. The Bertz CT molecular complexity index is 1270. The number of hydrogen-bond donors (Lipinski definition) is 1. The van der Waals surface area contributed by atoms with E-state index < -0.39 is 23.0 Å². The van der Waals surface area contributed by atoms with Gasteiger partial charge in [0.25, 0.3) is 5.56 Å². The van der Waals surface area contributed by atoms with Crippen molar-refractivity contribution < 1.29 is 18.7 Å². The van der Waals surface area contributed by atoms with E-state index in [4.69, 9.17) is 16.3 Å². The van der Waals surface area contributed by atoms with Gasteiger partial charge in [0, 0.05) is 17.7 Å². The average Bonchev–Trinajstić information content (AvgIpc) is 2.67. The SMILES string of the molecule is COC(=O)Oc1cn(C)c2c(c(Nc3ccc(I)cc3F)c(Cl)c(=O)n2C)c1=O. The highest BCUT2D eigenvalue weighted by molar-refractivity contribution is 14.1. The predicted molar refractivity (Wildman–Crippen MR) is 115 cm³/mol. The minimum Gasteiger partial charge on any atom is -0.437 e. The van der Waals surface area contributed by atoms with Crippen molar-refractivity contribution in [3.05, 3.63) is 59.4 Å². The maximum atomic E-state index is 14.4. The summed E-state index contributed by atoms with van der Waals surface area (Å²) in [5.74, 6) is -0.937. The van der Waals surface area contributed by atoms with Crippen LogP contribution in [0.1, 0.15) is 0 Å². The first-order chi connectivity index (χ1) is 13.6. The zero-order chi connectivity index (χ0) is 21.5. The lowest BCUT2D eigenvalue weighted by Crippen LogP contribution is -2.26. The minimum absolute atomic E-state index is 0.0169. The van der Waals surface area contributed by atoms with E-state index in [-0.39, 0.29) is 33.2 Å². The number of rotatable bonds is 3. The number of hydrogen-bond acceptors (Lipinski definition) is 6. The number of nitrogens with zero attached hydrogens (tertiary/aromatic N) is 2. The molecule has 11 heteroatoms. The summed E-state index contributed by atoms with van der Waals surface area (Å²) in [7, 11) is 4.08. The molecule has 0 aliphatic rings. The molecular formula is C18H14ClFIN3O5. The van der Waals surface area contributed by atoms with Gasteiger partial charge >= 0.3 is 6.16 Å². The van der Waals surface area contributed by atoms with Gasteiger partial charge in [0.15, 0.2) is 5.75 Å². The van der Waals surface area contributed by atoms with Crippen LogP contribution >= 0.6 is 34.2 Å². The smallest absolute Gasteiger partial charge is 0.437 e. The van der Waals surface area contributed by atoms with Gasteiger partial charge in [0.2, 0.25) is 5.43 Å². The molecule has 1 aromatic carbocycles. The lowest BCUT2D eigenvalue weighted by atomic mass is 10.2. The van der Waals surface area contributed by atoms with E-state index in [2.05, 4.69) is 10.1 Å². The number of nitrogens with one attached hydrogen (secondary N) is 1. The molecule has 3 aromatic rings. The minimum atomic E-state index is -1.09. The molecule has 0 spiro atoms. The van der Waals surface area contributed by atoms with Crippen LogP contribution < -0.4 is 21.0 Å². The molecule has 0 saturated heterocycles. The molecule has 0 radical (unpaired) electrons. The Hall–Kier alpha value is -2.60. The molecular weight excluding hydrogens is 520 g/mol. The van der Waals surface area contributed by atoms with Gasteiger partial charge in [-0.3, -0.25) is 14.2 Å². The molecule has 8 nitrogen and oxygen atoms in total. The molecule has 0 unspecified atom stereocenters. The van der Waals surface area contributed by atoms with Crippen LogP contribution in [0.3, 0.4) is 0 Å². The van der Waals surface area contributed by atoms with Gasteiger partial charge in [0.05, 0.1) is 30.1 Å². The van der Waals surface area contributed by atoms with Crippen molar-refractivity contribution in [1.82, 2.24) is 9.13 Å². The molecule has 0 amide bonds. The molecule has 2 heterocycles. The van der Waals surface area contributed by atoms with Gasteiger partial charge in [-0.2, -0.15) is 0 Å². The van der Waals surface area contributed by atoms with Crippen LogP contribution in [0, 0.1) is 9.39 Å². The number of halogens is 3. The van der Waals surface area contributed by atoms with Gasteiger partial charge in [-0.25, -0.2) is 9.18 Å². The van der Waals surface area contributed by atoms with Crippen LogP contribution in [0.5, 0.6) is 5.75 Å². The Labute approximate surface area is 181 Å². The van der Waals surface area contributed by atoms with E-state index >= 15 is 0 Å². The normalized spacial score (nSPS) is 10.8. The van der Waals surface area contributed by atoms with E-state index in [0.29, 0.717) is 3.57 Å². The predicted octanol–water partition coefficient (Wildman–Crippen LogP) is 3.52. The number of carbonyl (C=O) groups is 1. The first kappa shape index (κ1) is 21.1. The summed E-state index contributed by atoms with van der Waals surface area (Å²) in [6.45, 7) is 0. The van der Waals surface area contributed by atoms with Gasteiger partial charge in [-0.15, -0.1) is 0 Å².